The van der Waals surface area contributed by atoms with Gasteiger partial charge < -0.3 is 15.4 Å². The number of methoxy groups -OCH3 is 1. The van der Waals surface area contributed by atoms with Gasteiger partial charge in [-0.3, -0.25) is 9.59 Å². The average Bonchev–Trinajstić information content (AvgIpc) is 3.33. The van der Waals surface area contributed by atoms with E-state index >= 15 is 0 Å². The Bertz CT molecular complexity index is 1500. The van der Waals surface area contributed by atoms with Crippen LogP contribution in [0.3, 0.4) is 0 Å². The van der Waals surface area contributed by atoms with Crippen LogP contribution in [0, 0.1) is 0 Å². The summed E-state index contributed by atoms with van der Waals surface area (Å²) in [5.41, 5.74) is 4.39. The average molecular weight is 571 g/mol. The molecule has 1 unspecified atom stereocenters. The predicted molar refractivity (Wildman–Crippen MR) is 161 cm³/mol. The Kier molecular flexibility index (Phi) is 8.98. The summed E-state index contributed by atoms with van der Waals surface area (Å²) < 4.78 is 5.08. The highest BCUT2D eigenvalue weighted by Crippen LogP contribution is 2.42. The minimum atomic E-state index is -0.419. The van der Waals surface area contributed by atoms with Crippen LogP contribution in [0.1, 0.15) is 44.3 Å². The molecule has 2 amide bonds. The lowest BCUT2D eigenvalue weighted by atomic mass is 9.83. The van der Waals surface area contributed by atoms with Crippen LogP contribution in [0.5, 0.6) is 0 Å². The van der Waals surface area contributed by atoms with Crippen molar-refractivity contribution in [1.82, 2.24) is 0 Å². The Balaban J connectivity index is 1.22. The molecule has 2 N–H and O–H groups in total. The summed E-state index contributed by atoms with van der Waals surface area (Å²) in [5, 5.41) is 6.45. The highest BCUT2D eigenvalue weighted by atomic mass is 32.2. The van der Waals surface area contributed by atoms with E-state index in [2.05, 4.69) is 34.9 Å². The topological polar surface area (TPSA) is 84.5 Å². The third-order valence-electron chi connectivity index (χ3n) is 6.87. The molecule has 204 valence electrons. The monoisotopic (exact) mass is 570 g/mol. The Labute approximate surface area is 242 Å². The van der Waals surface area contributed by atoms with Gasteiger partial charge in [-0.15, -0.1) is 23.1 Å². The number of anilines is 2. The number of amides is 2. The molecule has 8 heteroatoms. The van der Waals surface area contributed by atoms with Gasteiger partial charge in [-0.25, -0.2) is 4.79 Å². The molecule has 4 aromatic rings. The van der Waals surface area contributed by atoms with Gasteiger partial charge in [-0.1, -0.05) is 66.7 Å². The van der Waals surface area contributed by atoms with Crippen LogP contribution in [0.4, 0.5) is 10.7 Å². The van der Waals surface area contributed by atoms with Gasteiger partial charge in [0.15, 0.2) is 0 Å². The van der Waals surface area contributed by atoms with Crippen molar-refractivity contribution < 1.29 is 19.1 Å². The Morgan fingerprint density at radius 3 is 2.42 bits per heavy atom. The Morgan fingerprint density at radius 2 is 1.68 bits per heavy atom. The SMILES string of the molecule is COC(=O)c1c(NC(=O)CSc2cccc(NC(=O)Cc3ccccc3)c2)sc2c1CCC(c1ccccc1)C2. The Morgan fingerprint density at radius 1 is 0.925 bits per heavy atom. The molecular weight excluding hydrogens is 540 g/mol. The summed E-state index contributed by atoms with van der Waals surface area (Å²) in [6, 6.07) is 27.4. The van der Waals surface area contributed by atoms with Gasteiger partial charge in [-0.05, 0) is 60.1 Å². The van der Waals surface area contributed by atoms with Gasteiger partial charge in [0.05, 0.1) is 24.8 Å². The second-order valence-corrected chi connectivity index (χ2v) is 11.8. The summed E-state index contributed by atoms with van der Waals surface area (Å²) in [7, 11) is 1.37. The zero-order valence-corrected chi connectivity index (χ0v) is 23.8. The standard InChI is InChI=1S/C32H30N2O4S2/c1-38-32(37)30-26-16-15-23(22-11-6-3-7-12-22)18-27(26)40-31(30)34-29(36)20-39-25-14-8-13-24(19-25)33-28(35)17-21-9-4-2-5-10-21/h2-14,19,23H,15-18,20H2,1H3,(H,33,35)(H,34,36). The van der Waals surface area contributed by atoms with E-state index in [0.29, 0.717) is 28.6 Å². The van der Waals surface area contributed by atoms with Gasteiger partial charge in [0.1, 0.15) is 5.00 Å². The summed E-state index contributed by atoms with van der Waals surface area (Å²) in [5.74, 6) is -0.170. The molecule has 1 aliphatic rings. The van der Waals surface area contributed by atoms with Crippen LogP contribution < -0.4 is 10.6 Å². The number of rotatable bonds is 9. The molecule has 1 aromatic heterocycles. The Hall–Kier alpha value is -3.88. The van der Waals surface area contributed by atoms with E-state index in [4.69, 9.17) is 4.74 Å². The van der Waals surface area contributed by atoms with Crippen molar-refractivity contribution in [2.75, 3.05) is 23.5 Å². The molecule has 5 rings (SSSR count). The summed E-state index contributed by atoms with van der Waals surface area (Å²) in [6.07, 6.45) is 2.84. The summed E-state index contributed by atoms with van der Waals surface area (Å²) >= 11 is 2.85. The first-order valence-corrected chi connectivity index (χ1v) is 14.9. The number of benzene rings is 3. The second-order valence-electron chi connectivity index (χ2n) is 9.63. The molecule has 0 fully saturated rings. The zero-order chi connectivity index (χ0) is 27.9. The highest BCUT2D eigenvalue weighted by molar-refractivity contribution is 8.00. The highest BCUT2D eigenvalue weighted by Gasteiger charge is 2.30. The number of carbonyl (C=O) groups is 3. The van der Waals surface area contributed by atoms with Gasteiger partial charge in [0.25, 0.3) is 0 Å². The minimum absolute atomic E-state index is 0.0994. The van der Waals surface area contributed by atoms with Crippen molar-refractivity contribution in [3.8, 4) is 0 Å². The molecular formula is C32H30N2O4S2. The third-order valence-corrected chi connectivity index (χ3v) is 9.04. The number of thioether (sulfide) groups is 1. The molecule has 0 spiro atoms. The first-order valence-electron chi connectivity index (χ1n) is 13.1. The molecule has 0 saturated carbocycles. The van der Waals surface area contributed by atoms with Gasteiger partial charge in [0.2, 0.25) is 11.8 Å². The van der Waals surface area contributed by atoms with Crippen LogP contribution in [-0.2, 0) is 33.6 Å². The molecule has 0 bridgehead atoms. The van der Waals surface area contributed by atoms with Crippen LogP contribution in [0.25, 0.3) is 0 Å². The summed E-state index contributed by atoms with van der Waals surface area (Å²) in [6.45, 7) is 0. The van der Waals surface area contributed by atoms with Crippen molar-refractivity contribution in [2.45, 2.75) is 36.5 Å². The fourth-order valence-corrected chi connectivity index (χ4v) is 7.05. The van der Waals surface area contributed by atoms with Crippen LogP contribution in [0.15, 0.2) is 89.8 Å². The molecule has 6 nitrogen and oxygen atoms in total. The lowest BCUT2D eigenvalue weighted by molar-refractivity contribution is -0.115. The first-order chi connectivity index (χ1) is 19.5. The smallest absolute Gasteiger partial charge is 0.341 e. The van der Waals surface area contributed by atoms with Crippen molar-refractivity contribution >= 4 is 51.6 Å². The number of nitrogens with one attached hydrogen (secondary N) is 2. The number of hydrogen-bond acceptors (Lipinski definition) is 6. The number of hydrogen-bond donors (Lipinski definition) is 2. The van der Waals surface area contributed by atoms with Crippen molar-refractivity contribution in [3.05, 3.63) is 112 Å². The molecule has 0 saturated heterocycles. The first kappa shape index (κ1) is 27.7. The summed E-state index contributed by atoms with van der Waals surface area (Å²) in [4.78, 5) is 40.1. The van der Waals surface area contributed by atoms with Gasteiger partial charge in [-0.2, -0.15) is 0 Å². The maximum Gasteiger partial charge on any atom is 0.341 e. The maximum absolute atomic E-state index is 13.0. The molecule has 0 radical (unpaired) electrons. The lowest BCUT2D eigenvalue weighted by Gasteiger charge is -2.22. The fourth-order valence-electron chi connectivity index (χ4n) is 4.96. The van der Waals surface area contributed by atoms with Gasteiger partial charge in [0, 0.05) is 15.5 Å². The third kappa shape index (κ3) is 6.81. The number of carbonyl (C=O) groups excluding carboxylic acids is 3. The lowest BCUT2D eigenvalue weighted by Crippen LogP contribution is -2.17. The molecule has 1 aliphatic carbocycles. The molecule has 1 atom stereocenters. The normalized spacial score (nSPS) is 14.2. The maximum atomic E-state index is 13.0. The van der Waals surface area contributed by atoms with Gasteiger partial charge >= 0.3 is 5.97 Å². The van der Waals surface area contributed by atoms with E-state index in [1.807, 2.05) is 60.7 Å². The van der Waals surface area contributed by atoms with Crippen LogP contribution in [-0.4, -0.2) is 30.6 Å². The molecule has 1 heterocycles. The minimum Gasteiger partial charge on any atom is -0.465 e. The largest absolute Gasteiger partial charge is 0.465 e. The van der Waals surface area contributed by atoms with Crippen molar-refractivity contribution in [1.29, 1.82) is 0 Å². The van der Waals surface area contributed by atoms with E-state index in [-0.39, 0.29) is 17.6 Å². The van der Waals surface area contributed by atoms with Crippen molar-refractivity contribution in [3.63, 3.8) is 0 Å². The van der Waals surface area contributed by atoms with E-state index in [9.17, 15) is 14.4 Å². The van der Waals surface area contributed by atoms with E-state index < -0.39 is 5.97 Å². The molecule has 0 aliphatic heterocycles. The van der Waals surface area contributed by atoms with Crippen LogP contribution in [0.2, 0.25) is 0 Å². The number of esters is 1. The van der Waals surface area contributed by atoms with Crippen molar-refractivity contribution in [2.24, 2.45) is 0 Å². The fraction of sp³-hybridized carbons (Fsp3) is 0.219. The zero-order valence-electron chi connectivity index (χ0n) is 22.1. The van der Waals surface area contributed by atoms with Crippen LogP contribution >= 0.6 is 23.1 Å². The number of ether oxygens (including phenoxy) is 1. The second kappa shape index (κ2) is 13.0. The molecule has 40 heavy (non-hydrogen) atoms. The quantitative estimate of drug-likeness (QED) is 0.172. The number of thiophene rings is 1. The van der Waals surface area contributed by atoms with E-state index in [1.165, 1.54) is 35.8 Å². The predicted octanol–water partition coefficient (Wildman–Crippen LogP) is 6.72. The molecule has 3 aromatic carbocycles. The number of fused-ring (bicyclic) bond motifs is 1. The van der Waals surface area contributed by atoms with E-state index in [1.54, 1.807) is 0 Å². The van der Waals surface area contributed by atoms with E-state index in [0.717, 1.165) is 40.2 Å².